The number of hydrogen-bond acceptors (Lipinski definition) is 5. The molecule has 6 N–H and O–H groups in total. The van der Waals surface area contributed by atoms with Crippen molar-refractivity contribution in [1.82, 2.24) is 21.3 Å². The highest BCUT2D eigenvalue weighted by Crippen LogP contribution is 2.12. The third-order valence-corrected chi connectivity index (χ3v) is 5.12. The first-order valence-electron chi connectivity index (χ1n) is 11.4. The molecule has 6 nitrogen and oxygen atoms in total. The predicted molar refractivity (Wildman–Crippen MR) is 122 cm³/mol. The van der Waals surface area contributed by atoms with Gasteiger partial charge in [0.25, 0.3) is 0 Å². The van der Waals surface area contributed by atoms with E-state index < -0.39 is 0 Å². The van der Waals surface area contributed by atoms with E-state index in [9.17, 15) is 4.79 Å². The smallest absolute Gasteiger partial charge is 0.223 e. The van der Waals surface area contributed by atoms with Crippen LogP contribution in [0.4, 0.5) is 0 Å². The maximum Gasteiger partial charge on any atom is 0.223 e. The van der Waals surface area contributed by atoms with Crippen LogP contribution in [-0.2, 0) is 4.79 Å². The second-order valence-electron chi connectivity index (χ2n) is 7.39. The molecule has 0 aromatic carbocycles. The minimum Gasteiger partial charge on any atom is -0.356 e. The van der Waals surface area contributed by atoms with E-state index in [1.165, 1.54) is 12.8 Å². The van der Waals surface area contributed by atoms with Gasteiger partial charge in [0.05, 0.1) is 0 Å². The molecule has 0 saturated carbocycles. The first-order valence-corrected chi connectivity index (χ1v) is 12.0. The fourth-order valence-corrected chi connectivity index (χ4v) is 3.16. The first-order chi connectivity index (χ1) is 13.8. The van der Waals surface area contributed by atoms with Crippen LogP contribution in [0.25, 0.3) is 0 Å². The zero-order valence-corrected chi connectivity index (χ0v) is 18.9. The van der Waals surface area contributed by atoms with Gasteiger partial charge in [-0.3, -0.25) is 4.79 Å². The second kappa shape index (κ2) is 22.9. The summed E-state index contributed by atoms with van der Waals surface area (Å²) in [6, 6.07) is 0. The molecule has 0 aliphatic carbocycles. The molecular formula is C21H46ClN5O. The van der Waals surface area contributed by atoms with Gasteiger partial charge < -0.3 is 27.0 Å². The van der Waals surface area contributed by atoms with Crippen molar-refractivity contribution in [2.24, 2.45) is 11.7 Å². The van der Waals surface area contributed by atoms with E-state index in [1.807, 2.05) is 0 Å². The Kier molecular flexibility index (Phi) is 22.6. The van der Waals surface area contributed by atoms with Gasteiger partial charge in [-0.05, 0) is 97.2 Å². The third kappa shape index (κ3) is 18.9. The molecule has 0 bridgehead atoms. The van der Waals surface area contributed by atoms with Crippen LogP contribution >= 0.6 is 11.6 Å². The maximum absolute atomic E-state index is 12.3. The van der Waals surface area contributed by atoms with Crippen molar-refractivity contribution in [2.45, 2.75) is 64.7 Å². The van der Waals surface area contributed by atoms with E-state index in [0.29, 0.717) is 5.88 Å². The molecule has 0 spiro atoms. The molecule has 0 fully saturated rings. The molecule has 168 valence electrons. The molecule has 0 aliphatic heterocycles. The summed E-state index contributed by atoms with van der Waals surface area (Å²) < 4.78 is 0. The van der Waals surface area contributed by atoms with Crippen LogP contribution in [-0.4, -0.2) is 64.1 Å². The lowest BCUT2D eigenvalue weighted by atomic mass is 9.98. The monoisotopic (exact) mass is 419 g/mol. The number of nitrogens with one attached hydrogen (secondary N) is 4. The average Bonchev–Trinajstić information content (AvgIpc) is 2.70. The number of rotatable bonds is 22. The van der Waals surface area contributed by atoms with Crippen LogP contribution in [0, 0.1) is 5.92 Å². The van der Waals surface area contributed by atoms with E-state index in [2.05, 4.69) is 28.2 Å². The van der Waals surface area contributed by atoms with E-state index in [1.54, 1.807) is 0 Å². The first kappa shape index (κ1) is 27.6. The molecule has 0 aliphatic rings. The predicted octanol–water partition coefficient (Wildman–Crippen LogP) is 2.22. The Morgan fingerprint density at radius 1 is 0.786 bits per heavy atom. The summed E-state index contributed by atoms with van der Waals surface area (Å²) in [5.41, 5.74) is 5.46. The van der Waals surface area contributed by atoms with Crippen LogP contribution in [0.1, 0.15) is 64.7 Å². The molecule has 7 heteroatoms. The quantitative estimate of drug-likeness (QED) is 0.137. The van der Waals surface area contributed by atoms with Gasteiger partial charge in [-0.15, -0.1) is 11.6 Å². The maximum atomic E-state index is 12.3. The Morgan fingerprint density at radius 3 is 1.89 bits per heavy atom. The summed E-state index contributed by atoms with van der Waals surface area (Å²) in [5.74, 6) is 1.09. The van der Waals surface area contributed by atoms with Crippen LogP contribution in [0.3, 0.4) is 0 Å². The summed E-state index contributed by atoms with van der Waals surface area (Å²) in [4.78, 5) is 12.3. The molecule has 0 aromatic rings. The lowest BCUT2D eigenvalue weighted by molar-refractivity contribution is -0.125. The molecular weight excluding hydrogens is 374 g/mol. The zero-order valence-electron chi connectivity index (χ0n) is 18.2. The number of alkyl halides is 1. The van der Waals surface area contributed by atoms with Crippen molar-refractivity contribution in [3.05, 3.63) is 0 Å². The van der Waals surface area contributed by atoms with Gasteiger partial charge in [-0.2, -0.15) is 0 Å². The summed E-state index contributed by atoms with van der Waals surface area (Å²) in [6.45, 7) is 9.74. The van der Waals surface area contributed by atoms with Gasteiger partial charge in [-0.25, -0.2) is 0 Å². The third-order valence-electron chi connectivity index (χ3n) is 4.85. The van der Waals surface area contributed by atoms with Crippen molar-refractivity contribution in [1.29, 1.82) is 0 Å². The normalized spacial score (nSPS) is 12.2. The van der Waals surface area contributed by atoms with Crippen molar-refractivity contribution in [3.8, 4) is 0 Å². The Bertz CT molecular complexity index is 334. The van der Waals surface area contributed by atoms with Crippen LogP contribution in [0.2, 0.25) is 0 Å². The zero-order chi connectivity index (χ0) is 20.7. The van der Waals surface area contributed by atoms with Crippen molar-refractivity contribution in [3.63, 3.8) is 0 Å². The highest BCUT2D eigenvalue weighted by atomic mass is 35.5. The average molecular weight is 420 g/mol. The highest BCUT2D eigenvalue weighted by Gasteiger charge is 2.15. The molecule has 28 heavy (non-hydrogen) atoms. The molecule has 0 unspecified atom stereocenters. The molecule has 0 rings (SSSR count). The van der Waals surface area contributed by atoms with E-state index in [0.717, 1.165) is 97.3 Å². The van der Waals surface area contributed by atoms with Crippen molar-refractivity contribution < 1.29 is 4.79 Å². The lowest BCUT2D eigenvalue weighted by Crippen LogP contribution is -2.32. The van der Waals surface area contributed by atoms with Crippen molar-refractivity contribution >= 4 is 17.5 Å². The molecule has 0 saturated heterocycles. The van der Waals surface area contributed by atoms with Crippen LogP contribution in [0.5, 0.6) is 0 Å². The topological polar surface area (TPSA) is 91.2 Å². The lowest BCUT2D eigenvalue weighted by Gasteiger charge is -2.15. The Morgan fingerprint density at radius 2 is 1.32 bits per heavy atom. The highest BCUT2D eigenvalue weighted by molar-refractivity contribution is 6.17. The summed E-state index contributed by atoms with van der Waals surface area (Å²) in [5, 5.41) is 13.3. The SMILES string of the molecule is CC[C@H](CCCCNCCCCl)C(=O)NCCCNCCCCNCCCN. The number of hydrogen-bond donors (Lipinski definition) is 5. The Hall–Kier alpha value is -0.400. The van der Waals surface area contributed by atoms with Gasteiger partial charge in [0.2, 0.25) is 5.91 Å². The number of halogens is 1. The number of nitrogens with two attached hydrogens (primary N) is 1. The molecule has 1 atom stereocenters. The number of carbonyl (C=O) groups is 1. The summed E-state index contributed by atoms with van der Waals surface area (Å²) >= 11 is 5.65. The van der Waals surface area contributed by atoms with E-state index in [-0.39, 0.29) is 11.8 Å². The van der Waals surface area contributed by atoms with Gasteiger partial charge in [-0.1, -0.05) is 13.3 Å². The van der Waals surface area contributed by atoms with Crippen molar-refractivity contribution in [2.75, 3.05) is 58.2 Å². The number of amides is 1. The van der Waals surface area contributed by atoms with E-state index >= 15 is 0 Å². The Labute approximate surface area is 178 Å². The minimum absolute atomic E-state index is 0.155. The fourth-order valence-electron chi connectivity index (χ4n) is 3.02. The van der Waals surface area contributed by atoms with E-state index in [4.69, 9.17) is 17.3 Å². The largest absolute Gasteiger partial charge is 0.356 e. The number of unbranched alkanes of at least 4 members (excludes halogenated alkanes) is 2. The standard InChI is InChI=1S/C21H46ClN5O/c1-2-20(10-3-4-13-24-16-7-11-22)21(28)27-19-9-18-26-15-6-5-14-25-17-8-12-23/h20,24-26H,2-19,23H2,1H3,(H,27,28)/t20-/m1/s1. The molecule has 0 heterocycles. The fraction of sp³-hybridized carbons (Fsp3) is 0.952. The van der Waals surface area contributed by atoms with Gasteiger partial charge >= 0.3 is 0 Å². The van der Waals surface area contributed by atoms with Crippen LogP contribution in [0.15, 0.2) is 0 Å². The molecule has 1 amide bonds. The number of carbonyl (C=O) groups excluding carboxylic acids is 1. The van der Waals surface area contributed by atoms with Gasteiger partial charge in [0, 0.05) is 18.3 Å². The Balaban J connectivity index is 3.45. The summed E-state index contributed by atoms with van der Waals surface area (Å²) in [7, 11) is 0. The van der Waals surface area contributed by atoms with Crippen LogP contribution < -0.4 is 27.0 Å². The second-order valence-corrected chi connectivity index (χ2v) is 7.77. The molecule has 0 aromatic heterocycles. The van der Waals surface area contributed by atoms with Gasteiger partial charge in [0.15, 0.2) is 0 Å². The summed E-state index contributed by atoms with van der Waals surface area (Å²) in [6.07, 6.45) is 9.55. The molecule has 0 radical (unpaired) electrons. The minimum atomic E-state index is 0.155. The van der Waals surface area contributed by atoms with Gasteiger partial charge in [0.1, 0.15) is 0 Å².